The Hall–Kier alpha value is -3.63. The molecule has 184 valence electrons. The molecule has 10 heteroatoms. The number of hydrogen-bond acceptors (Lipinski definition) is 6. The number of benzene rings is 2. The number of ether oxygens (including phenoxy) is 1. The summed E-state index contributed by atoms with van der Waals surface area (Å²) in [4.78, 5) is 27.6. The fraction of sp³-hybridized carbons (Fsp3) is 0.280. The van der Waals surface area contributed by atoms with E-state index in [1.807, 2.05) is 39.0 Å². The highest BCUT2D eigenvalue weighted by molar-refractivity contribution is 7.88. The van der Waals surface area contributed by atoms with Crippen LogP contribution in [0.2, 0.25) is 0 Å². The van der Waals surface area contributed by atoms with Crippen molar-refractivity contribution >= 4 is 21.0 Å². The van der Waals surface area contributed by atoms with E-state index in [1.165, 1.54) is 18.5 Å². The number of nitrogens with one attached hydrogen (secondary N) is 2. The zero-order valence-electron chi connectivity index (χ0n) is 20.1. The SMILES string of the molecule is COc1c(-c2ccc3c(CNS(C)(=O)=O)coc3c2)cc(-n2c(=O)cc[nH]c2=O)cc1C(C)(C)C. The number of nitrogens with zero attached hydrogens (tertiary/aromatic N) is 1. The average molecular weight is 498 g/mol. The summed E-state index contributed by atoms with van der Waals surface area (Å²) < 4.78 is 38.0. The molecule has 0 spiro atoms. The first-order valence-electron chi connectivity index (χ1n) is 10.9. The molecule has 0 fully saturated rings. The Balaban J connectivity index is 1.93. The largest absolute Gasteiger partial charge is 0.496 e. The first-order chi connectivity index (χ1) is 16.4. The summed E-state index contributed by atoms with van der Waals surface area (Å²) in [5.74, 6) is 0.617. The molecule has 0 radical (unpaired) electrons. The summed E-state index contributed by atoms with van der Waals surface area (Å²) in [5.41, 5.74) is 2.57. The van der Waals surface area contributed by atoms with Gasteiger partial charge in [0.2, 0.25) is 10.0 Å². The minimum atomic E-state index is -3.35. The third-order valence-electron chi connectivity index (χ3n) is 5.69. The standard InChI is InChI=1S/C25H27N3O6S/c1-25(2,3)20-12-17(28-22(29)8-9-26-24(28)30)11-19(23(20)33-4)15-6-7-18-16(13-27-35(5,31)32)14-34-21(18)10-15/h6-12,14,27H,13H2,1-5H3,(H,26,30). The average Bonchev–Trinajstić information content (AvgIpc) is 3.18. The molecule has 0 aliphatic heterocycles. The number of hydrogen-bond donors (Lipinski definition) is 2. The predicted molar refractivity (Wildman–Crippen MR) is 135 cm³/mol. The molecule has 2 N–H and O–H groups in total. The van der Waals surface area contributed by atoms with E-state index >= 15 is 0 Å². The molecule has 0 unspecified atom stereocenters. The van der Waals surface area contributed by atoms with Gasteiger partial charge in [-0.05, 0) is 29.2 Å². The molecular weight excluding hydrogens is 470 g/mol. The van der Waals surface area contributed by atoms with Gasteiger partial charge in [-0.2, -0.15) is 0 Å². The van der Waals surface area contributed by atoms with E-state index in [1.54, 1.807) is 19.2 Å². The molecule has 35 heavy (non-hydrogen) atoms. The second kappa shape index (κ2) is 8.86. The molecule has 0 atom stereocenters. The van der Waals surface area contributed by atoms with Gasteiger partial charge in [-0.25, -0.2) is 22.5 Å². The van der Waals surface area contributed by atoms with Crippen molar-refractivity contribution in [3.05, 3.63) is 80.8 Å². The molecule has 0 saturated carbocycles. The Labute approximate surface area is 202 Å². The number of sulfonamides is 1. The third-order valence-corrected chi connectivity index (χ3v) is 6.36. The highest BCUT2D eigenvalue weighted by atomic mass is 32.2. The number of rotatable bonds is 6. The Morgan fingerprint density at radius 3 is 2.49 bits per heavy atom. The van der Waals surface area contributed by atoms with Crippen molar-refractivity contribution in [3.8, 4) is 22.6 Å². The molecule has 9 nitrogen and oxygen atoms in total. The first-order valence-corrected chi connectivity index (χ1v) is 12.8. The van der Waals surface area contributed by atoms with Crippen LogP contribution in [0, 0.1) is 0 Å². The molecule has 2 heterocycles. The van der Waals surface area contributed by atoms with E-state index < -0.39 is 21.3 Å². The normalized spacial score (nSPS) is 12.3. The number of aromatic amines is 1. The lowest BCUT2D eigenvalue weighted by molar-refractivity contribution is 0.399. The number of aromatic nitrogens is 2. The van der Waals surface area contributed by atoms with Crippen LogP contribution < -0.4 is 20.7 Å². The van der Waals surface area contributed by atoms with Crippen LogP contribution in [-0.2, 0) is 22.0 Å². The lowest BCUT2D eigenvalue weighted by atomic mass is 9.83. The lowest BCUT2D eigenvalue weighted by Crippen LogP contribution is -2.32. The molecule has 2 aromatic carbocycles. The van der Waals surface area contributed by atoms with Crippen molar-refractivity contribution in [2.45, 2.75) is 32.7 Å². The second-order valence-corrected chi connectivity index (χ2v) is 11.2. The van der Waals surface area contributed by atoms with E-state index in [0.29, 0.717) is 28.1 Å². The molecule has 0 aliphatic carbocycles. The van der Waals surface area contributed by atoms with Crippen LogP contribution in [0.3, 0.4) is 0 Å². The zero-order chi connectivity index (χ0) is 25.5. The summed E-state index contributed by atoms with van der Waals surface area (Å²) in [6.45, 7) is 6.17. The van der Waals surface area contributed by atoms with Crippen molar-refractivity contribution < 1.29 is 17.6 Å². The quantitative estimate of drug-likeness (QED) is 0.421. The lowest BCUT2D eigenvalue weighted by Gasteiger charge is -2.25. The van der Waals surface area contributed by atoms with Gasteiger partial charge in [0.1, 0.15) is 11.3 Å². The van der Waals surface area contributed by atoms with Crippen LogP contribution in [0.15, 0.2) is 62.9 Å². The van der Waals surface area contributed by atoms with Gasteiger partial charge in [-0.3, -0.25) is 4.79 Å². The first kappa shape index (κ1) is 24.5. The number of H-pyrrole nitrogens is 1. The Bertz CT molecular complexity index is 1610. The summed E-state index contributed by atoms with van der Waals surface area (Å²) in [7, 11) is -1.77. The summed E-state index contributed by atoms with van der Waals surface area (Å²) in [6.07, 6.45) is 3.93. The Morgan fingerprint density at radius 1 is 1.11 bits per heavy atom. The molecule has 0 bridgehead atoms. The fourth-order valence-electron chi connectivity index (χ4n) is 4.00. The maximum absolute atomic E-state index is 12.6. The van der Waals surface area contributed by atoms with Crippen molar-refractivity contribution in [3.63, 3.8) is 0 Å². The van der Waals surface area contributed by atoms with Crippen LogP contribution in [0.4, 0.5) is 0 Å². The van der Waals surface area contributed by atoms with Crippen LogP contribution in [0.5, 0.6) is 5.75 Å². The molecule has 0 amide bonds. The maximum atomic E-state index is 12.6. The second-order valence-electron chi connectivity index (χ2n) is 9.35. The van der Waals surface area contributed by atoms with Gasteiger partial charge in [0.15, 0.2) is 0 Å². The molecule has 0 aliphatic rings. The molecule has 2 aromatic heterocycles. The van der Waals surface area contributed by atoms with E-state index in [4.69, 9.17) is 9.15 Å². The zero-order valence-corrected chi connectivity index (χ0v) is 20.9. The smallest absolute Gasteiger partial charge is 0.332 e. The van der Waals surface area contributed by atoms with Crippen LogP contribution >= 0.6 is 0 Å². The number of furan rings is 1. The number of fused-ring (bicyclic) bond motifs is 1. The van der Waals surface area contributed by atoms with Gasteiger partial charge in [0.05, 0.1) is 25.3 Å². The van der Waals surface area contributed by atoms with Gasteiger partial charge in [0, 0.05) is 40.9 Å². The van der Waals surface area contributed by atoms with Crippen LogP contribution in [-0.4, -0.2) is 31.3 Å². The van der Waals surface area contributed by atoms with Crippen LogP contribution in [0.1, 0.15) is 31.9 Å². The molecule has 0 saturated heterocycles. The minimum Gasteiger partial charge on any atom is -0.496 e. The number of methoxy groups -OCH3 is 1. The van der Waals surface area contributed by atoms with E-state index in [-0.39, 0.29) is 12.0 Å². The van der Waals surface area contributed by atoms with Gasteiger partial charge >= 0.3 is 5.69 Å². The van der Waals surface area contributed by atoms with E-state index in [2.05, 4.69) is 9.71 Å². The third kappa shape index (κ3) is 4.94. The topological polar surface area (TPSA) is 123 Å². The van der Waals surface area contributed by atoms with Crippen LogP contribution in [0.25, 0.3) is 27.8 Å². The highest BCUT2D eigenvalue weighted by Crippen LogP contribution is 2.41. The van der Waals surface area contributed by atoms with Gasteiger partial charge in [-0.1, -0.05) is 32.9 Å². The van der Waals surface area contributed by atoms with Gasteiger partial charge in [-0.15, -0.1) is 0 Å². The molecule has 4 aromatic rings. The molecular formula is C25H27N3O6S. The van der Waals surface area contributed by atoms with Crippen molar-refractivity contribution in [1.29, 1.82) is 0 Å². The molecule has 4 rings (SSSR count). The fourth-order valence-corrected chi connectivity index (χ4v) is 4.42. The summed E-state index contributed by atoms with van der Waals surface area (Å²) in [6, 6.07) is 10.4. The van der Waals surface area contributed by atoms with Gasteiger partial charge < -0.3 is 14.1 Å². The van der Waals surface area contributed by atoms with Crippen molar-refractivity contribution in [2.24, 2.45) is 0 Å². The summed E-state index contributed by atoms with van der Waals surface area (Å²) in [5, 5.41) is 0.770. The Kier molecular flexibility index (Phi) is 6.20. The monoisotopic (exact) mass is 497 g/mol. The van der Waals surface area contributed by atoms with Gasteiger partial charge in [0.25, 0.3) is 5.56 Å². The highest BCUT2D eigenvalue weighted by Gasteiger charge is 2.24. The maximum Gasteiger partial charge on any atom is 0.332 e. The Morgan fingerprint density at radius 2 is 1.86 bits per heavy atom. The van der Waals surface area contributed by atoms with Crippen molar-refractivity contribution in [1.82, 2.24) is 14.3 Å². The van der Waals surface area contributed by atoms with Crippen molar-refractivity contribution in [2.75, 3.05) is 13.4 Å². The van der Waals surface area contributed by atoms with E-state index in [9.17, 15) is 18.0 Å². The predicted octanol–water partition coefficient (Wildman–Crippen LogP) is 3.29. The van der Waals surface area contributed by atoms with E-state index in [0.717, 1.165) is 27.3 Å². The minimum absolute atomic E-state index is 0.109. The summed E-state index contributed by atoms with van der Waals surface area (Å²) >= 11 is 0.